The normalized spacial score (nSPS) is 17.5. The Morgan fingerprint density at radius 1 is 1.46 bits per heavy atom. The largest absolute Gasteiger partial charge is 0.359 e. The molecule has 1 saturated carbocycles. The molecule has 0 bridgehead atoms. The molecule has 1 fully saturated rings. The lowest BCUT2D eigenvalue weighted by Crippen LogP contribution is -2.33. The van der Waals surface area contributed by atoms with E-state index < -0.39 is 0 Å². The number of hydrogen-bond acceptors (Lipinski definition) is 2. The first-order chi connectivity index (χ1) is 5.97. The molecular weight excluding hydrogens is 182 g/mol. The van der Waals surface area contributed by atoms with Gasteiger partial charge in [0.15, 0.2) is 5.11 Å². The molecule has 0 aromatic rings. The van der Waals surface area contributed by atoms with E-state index in [4.69, 9.17) is 12.2 Å². The van der Waals surface area contributed by atoms with Gasteiger partial charge in [-0.2, -0.15) is 5.10 Å². The third-order valence-electron chi connectivity index (χ3n) is 1.53. The molecule has 0 atom stereocenters. The summed E-state index contributed by atoms with van der Waals surface area (Å²) >= 11 is 5.02. The second kappa shape index (κ2) is 4.05. The maximum Gasteiger partial charge on any atom is 0.187 e. The van der Waals surface area contributed by atoms with Crippen molar-refractivity contribution in [3.63, 3.8) is 0 Å². The molecule has 0 amide bonds. The SMILES string of the molecule is CC(C)(C)/C=N/NC(=S)NC1CC1. The van der Waals surface area contributed by atoms with Gasteiger partial charge in [0.25, 0.3) is 0 Å². The number of hydrogen-bond donors (Lipinski definition) is 2. The van der Waals surface area contributed by atoms with Gasteiger partial charge >= 0.3 is 0 Å². The molecule has 0 spiro atoms. The topological polar surface area (TPSA) is 36.4 Å². The highest BCUT2D eigenvalue weighted by Gasteiger charge is 2.21. The van der Waals surface area contributed by atoms with Crippen LogP contribution in [-0.4, -0.2) is 17.4 Å². The van der Waals surface area contributed by atoms with Gasteiger partial charge in [-0.15, -0.1) is 0 Å². The van der Waals surface area contributed by atoms with E-state index in [1.165, 1.54) is 12.8 Å². The van der Waals surface area contributed by atoms with Crippen LogP contribution >= 0.6 is 12.2 Å². The van der Waals surface area contributed by atoms with Crippen molar-refractivity contribution in [2.45, 2.75) is 39.7 Å². The molecule has 0 unspecified atom stereocenters. The van der Waals surface area contributed by atoms with E-state index in [0.717, 1.165) is 0 Å². The van der Waals surface area contributed by atoms with E-state index >= 15 is 0 Å². The molecule has 74 valence electrons. The van der Waals surface area contributed by atoms with E-state index in [0.29, 0.717) is 11.2 Å². The van der Waals surface area contributed by atoms with E-state index in [9.17, 15) is 0 Å². The van der Waals surface area contributed by atoms with Gasteiger partial charge in [0.1, 0.15) is 0 Å². The Morgan fingerprint density at radius 2 is 2.08 bits per heavy atom. The van der Waals surface area contributed by atoms with Crippen LogP contribution < -0.4 is 10.7 Å². The minimum atomic E-state index is 0.0994. The number of hydrazone groups is 1. The van der Waals surface area contributed by atoms with Crippen LogP contribution in [0.4, 0.5) is 0 Å². The quantitative estimate of drug-likeness (QED) is 0.403. The lowest BCUT2D eigenvalue weighted by atomic mass is 9.99. The zero-order valence-electron chi connectivity index (χ0n) is 8.42. The maximum atomic E-state index is 5.02. The van der Waals surface area contributed by atoms with Crippen LogP contribution in [-0.2, 0) is 0 Å². The minimum Gasteiger partial charge on any atom is -0.359 e. The van der Waals surface area contributed by atoms with Crippen molar-refractivity contribution in [1.82, 2.24) is 10.7 Å². The van der Waals surface area contributed by atoms with Gasteiger partial charge in [0, 0.05) is 12.3 Å². The Hall–Kier alpha value is -0.640. The van der Waals surface area contributed by atoms with Gasteiger partial charge in [-0.25, -0.2) is 0 Å². The molecule has 3 nitrogen and oxygen atoms in total. The molecule has 0 aromatic heterocycles. The lowest BCUT2D eigenvalue weighted by Gasteiger charge is -2.10. The monoisotopic (exact) mass is 199 g/mol. The number of thiocarbonyl (C=S) groups is 1. The molecular formula is C9H17N3S. The van der Waals surface area contributed by atoms with Crippen molar-refractivity contribution in [3.05, 3.63) is 0 Å². The second-order valence-electron chi connectivity index (χ2n) is 4.48. The van der Waals surface area contributed by atoms with E-state index in [1.807, 2.05) is 6.21 Å². The molecule has 1 aliphatic rings. The summed E-state index contributed by atoms with van der Waals surface area (Å²) in [7, 11) is 0. The van der Waals surface area contributed by atoms with Crippen LogP contribution in [0.15, 0.2) is 5.10 Å². The predicted octanol–water partition coefficient (Wildman–Crippen LogP) is 1.64. The Labute approximate surface area is 85.0 Å². The zero-order chi connectivity index (χ0) is 9.90. The number of nitrogens with zero attached hydrogens (tertiary/aromatic N) is 1. The molecule has 1 rings (SSSR count). The van der Waals surface area contributed by atoms with Crippen molar-refractivity contribution in [1.29, 1.82) is 0 Å². The average molecular weight is 199 g/mol. The summed E-state index contributed by atoms with van der Waals surface area (Å²) in [5.41, 5.74) is 2.90. The molecule has 2 N–H and O–H groups in total. The van der Waals surface area contributed by atoms with Gasteiger partial charge in [-0.3, -0.25) is 5.43 Å². The Kier molecular flexibility index (Phi) is 3.25. The fourth-order valence-electron chi connectivity index (χ4n) is 0.730. The third kappa shape index (κ3) is 5.58. The third-order valence-corrected chi connectivity index (χ3v) is 1.74. The van der Waals surface area contributed by atoms with Crippen molar-refractivity contribution >= 4 is 23.5 Å². The van der Waals surface area contributed by atoms with Gasteiger partial charge in [-0.1, -0.05) is 20.8 Å². The lowest BCUT2D eigenvalue weighted by molar-refractivity contribution is 0.602. The number of rotatable bonds is 2. The standard InChI is InChI=1S/C9H17N3S/c1-9(2,3)6-10-12-8(13)11-7-4-5-7/h6-7H,4-5H2,1-3H3,(H2,11,12,13)/b10-6+. The molecule has 13 heavy (non-hydrogen) atoms. The summed E-state index contributed by atoms with van der Waals surface area (Å²) in [5, 5.41) is 7.82. The summed E-state index contributed by atoms with van der Waals surface area (Å²) in [6.07, 6.45) is 4.31. The predicted molar refractivity (Wildman–Crippen MR) is 59.8 cm³/mol. The summed E-state index contributed by atoms with van der Waals surface area (Å²) < 4.78 is 0. The van der Waals surface area contributed by atoms with Crippen LogP contribution in [0.1, 0.15) is 33.6 Å². The fraction of sp³-hybridized carbons (Fsp3) is 0.778. The molecule has 0 saturated heterocycles. The van der Waals surface area contributed by atoms with Crippen LogP contribution in [0.2, 0.25) is 0 Å². The van der Waals surface area contributed by atoms with E-state index in [-0.39, 0.29) is 5.41 Å². The summed E-state index contributed by atoms with van der Waals surface area (Å²) in [4.78, 5) is 0. The Balaban J connectivity index is 2.16. The Morgan fingerprint density at radius 3 is 2.54 bits per heavy atom. The molecule has 0 aromatic carbocycles. The van der Waals surface area contributed by atoms with Crippen LogP contribution in [0.25, 0.3) is 0 Å². The average Bonchev–Trinajstić information content (AvgIpc) is 2.68. The summed E-state index contributed by atoms with van der Waals surface area (Å²) in [6, 6.07) is 0.588. The van der Waals surface area contributed by atoms with Crippen LogP contribution in [0.3, 0.4) is 0 Å². The molecule has 1 aliphatic carbocycles. The van der Waals surface area contributed by atoms with Crippen molar-refractivity contribution in [3.8, 4) is 0 Å². The van der Waals surface area contributed by atoms with Crippen LogP contribution in [0.5, 0.6) is 0 Å². The smallest absolute Gasteiger partial charge is 0.187 e. The molecule has 0 heterocycles. The fourth-order valence-corrected chi connectivity index (χ4v) is 0.949. The van der Waals surface area contributed by atoms with Gasteiger partial charge in [0.2, 0.25) is 0 Å². The first-order valence-corrected chi connectivity index (χ1v) is 4.99. The first kappa shape index (κ1) is 10.4. The van der Waals surface area contributed by atoms with Gasteiger partial charge < -0.3 is 5.32 Å². The van der Waals surface area contributed by atoms with E-state index in [2.05, 4.69) is 36.6 Å². The van der Waals surface area contributed by atoms with Crippen molar-refractivity contribution < 1.29 is 0 Å². The summed E-state index contributed by atoms with van der Waals surface area (Å²) in [5.74, 6) is 0. The van der Waals surface area contributed by atoms with Crippen molar-refractivity contribution in [2.75, 3.05) is 0 Å². The first-order valence-electron chi connectivity index (χ1n) is 4.58. The van der Waals surface area contributed by atoms with Gasteiger partial charge in [0.05, 0.1) is 0 Å². The molecule has 4 heteroatoms. The number of nitrogens with one attached hydrogen (secondary N) is 2. The molecule has 0 radical (unpaired) electrons. The highest BCUT2D eigenvalue weighted by Crippen LogP contribution is 2.18. The minimum absolute atomic E-state index is 0.0994. The maximum absolute atomic E-state index is 5.02. The van der Waals surface area contributed by atoms with Gasteiger partial charge in [-0.05, 0) is 30.5 Å². The van der Waals surface area contributed by atoms with Crippen LogP contribution in [0, 0.1) is 5.41 Å². The Bertz CT molecular complexity index is 213. The highest BCUT2D eigenvalue weighted by molar-refractivity contribution is 7.80. The second-order valence-corrected chi connectivity index (χ2v) is 4.89. The zero-order valence-corrected chi connectivity index (χ0v) is 9.24. The van der Waals surface area contributed by atoms with Crippen molar-refractivity contribution in [2.24, 2.45) is 10.5 Å². The molecule has 0 aliphatic heterocycles. The highest BCUT2D eigenvalue weighted by atomic mass is 32.1. The van der Waals surface area contributed by atoms with E-state index in [1.54, 1.807) is 0 Å². The summed E-state index contributed by atoms with van der Waals surface area (Å²) in [6.45, 7) is 6.28.